The van der Waals surface area contributed by atoms with Crippen molar-refractivity contribution in [3.05, 3.63) is 36.2 Å². The quantitative estimate of drug-likeness (QED) is 0.732. The van der Waals surface area contributed by atoms with Crippen molar-refractivity contribution in [3.63, 3.8) is 0 Å². The van der Waals surface area contributed by atoms with E-state index < -0.39 is 0 Å². The number of benzene rings is 1. The molecule has 3 fully saturated rings. The first kappa shape index (κ1) is 22.9. The van der Waals surface area contributed by atoms with Gasteiger partial charge in [-0.3, -0.25) is 9.69 Å². The van der Waals surface area contributed by atoms with E-state index in [0.717, 1.165) is 31.2 Å². The standard InChI is InChI=1S/C20H27N7O.2ClH/c28-20(14-4-6-17(7-5-14)27-13-23-24-25-27)22-12-19-16-9-15(10-21-11-16)18-3-1-2-8-26(18)19;;/h4-7,13,15-16,18-19,21H,1-3,8-12H2,(H,22,28);2*1H/t15-,16+,18+,19+;;/m1../s1. The highest BCUT2D eigenvalue weighted by Crippen LogP contribution is 2.38. The minimum Gasteiger partial charge on any atom is -0.350 e. The molecule has 2 N–H and O–H groups in total. The second-order valence-electron chi connectivity index (χ2n) is 8.29. The predicted octanol–water partition coefficient (Wildman–Crippen LogP) is 1.70. The molecule has 1 amide bonds. The number of halogens is 2. The van der Waals surface area contributed by atoms with E-state index in [9.17, 15) is 4.79 Å². The molecular weight excluding hydrogens is 425 g/mol. The highest BCUT2D eigenvalue weighted by Gasteiger charge is 2.45. The average Bonchev–Trinajstić information content (AvgIpc) is 3.29. The summed E-state index contributed by atoms with van der Waals surface area (Å²) in [6.07, 6.45) is 6.78. The van der Waals surface area contributed by atoms with Crippen molar-refractivity contribution in [2.24, 2.45) is 11.8 Å². The lowest BCUT2D eigenvalue weighted by Gasteiger charge is -2.55. The topological polar surface area (TPSA) is 88.0 Å². The van der Waals surface area contributed by atoms with Gasteiger partial charge in [0.2, 0.25) is 0 Å². The Morgan fingerprint density at radius 3 is 2.70 bits per heavy atom. The van der Waals surface area contributed by atoms with E-state index in [1.165, 1.54) is 32.2 Å². The van der Waals surface area contributed by atoms with E-state index in [2.05, 4.69) is 31.1 Å². The van der Waals surface area contributed by atoms with E-state index in [4.69, 9.17) is 0 Å². The summed E-state index contributed by atoms with van der Waals surface area (Å²) in [6, 6.07) is 8.52. The van der Waals surface area contributed by atoms with Crippen molar-refractivity contribution in [3.8, 4) is 5.69 Å². The molecular formula is C20H29Cl2N7O. The lowest BCUT2D eigenvalue weighted by atomic mass is 9.73. The molecule has 0 radical (unpaired) electrons. The zero-order valence-electron chi connectivity index (χ0n) is 16.8. The average molecular weight is 454 g/mol. The van der Waals surface area contributed by atoms with Crippen molar-refractivity contribution >= 4 is 30.7 Å². The maximum Gasteiger partial charge on any atom is 0.251 e. The third-order valence-corrected chi connectivity index (χ3v) is 6.74. The van der Waals surface area contributed by atoms with Gasteiger partial charge < -0.3 is 10.6 Å². The number of carbonyl (C=O) groups is 1. The molecule has 2 aromatic rings. The van der Waals surface area contributed by atoms with Crippen molar-refractivity contribution in [1.29, 1.82) is 0 Å². The lowest BCUT2D eigenvalue weighted by molar-refractivity contribution is -0.0371. The summed E-state index contributed by atoms with van der Waals surface area (Å²) < 4.78 is 1.58. The highest BCUT2D eigenvalue weighted by atomic mass is 35.5. The van der Waals surface area contributed by atoms with Crippen LogP contribution in [0.15, 0.2) is 30.6 Å². The van der Waals surface area contributed by atoms with Crippen LogP contribution in [0.25, 0.3) is 5.69 Å². The zero-order valence-corrected chi connectivity index (χ0v) is 18.4. The van der Waals surface area contributed by atoms with Gasteiger partial charge in [0.15, 0.2) is 0 Å². The van der Waals surface area contributed by atoms with E-state index in [0.29, 0.717) is 23.6 Å². The second kappa shape index (κ2) is 10.0. The normalized spacial score (nSPS) is 27.9. The molecule has 10 heteroatoms. The van der Waals surface area contributed by atoms with Crippen molar-refractivity contribution in [1.82, 2.24) is 35.7 Å². The van der Waals surface area contributed by atoms with Gasteiger partial charge in [-0.2, -0.15) is 0 Å². The Bertz CT molecular complexity index is 817. The molecule has 1 aromatic heterocycles. The molecule has 4 heterocycles. The first-order chi connectivity index (χ1) is 13.8. The molecule has 3 saturated heterocycles. The van der Waals surface area contributed by atoms with Crippen LogP contribution in [0.2, 0.25) is 0 Å². The first-order valence-corrected chi connectivity index (χ1v) is 10.4. The van der Waals surface area contributed by atoms with Gasteiger partial charge in [0, 0.05) is 24.2 Å². The van der Waals surface area contributed by atoms with Gasteiger partial charge in [0.1, 0.15) is 6.33 Å². The van der Waals surface area contributed by atoms with Gasteiger partial charge in [0.05, 0.1) is 5.69 Å². The van der Waals surface area contributed by atoms with E-state index in [1.807, 2.05) is 24.3 Å². The summed E-state index contributed by atoms with van der Waals surface area (Å²) in [5.74, 6) is 1.41. The largest absolute Gasteiger partial charge is 0.350 e. The van der Waals surface area contributed by atoms with E-state index in [1.54, 1.807) is 11.0 Å². The Kier molecular flexibility index (Phi) is 7.68. The zero-order chi connectivity index (χ0) is 18.9. The third kappa shape index (κ3) is 4.46. The lowest BCUT2D eigenvalue weighted by Crippen LogP contribution is -2.65. The number of nitrogens with one attached hydrogen (secondary N) is 2. The van der Waals surface area contributed by atoms with Crippen LogP contribution in [-0.4, -0.2) is 69.3 Å². The van der Waals surface area contributed by atoms with Crippen LogP contribution in [-0.2, 0) is 0 Å². The summed E-state index contributed by atoms with van der Waals surface area (Å²) in [4.78, 5) is 15.4. The number of hydrogen-bond donors (Lipinski definition) is 2. The fourth-order valence-electron chi connectivity index (χ4n) is 5.39. The summed E-state index contributed by atoms with van der Waals surface area (Å²) in [5.41, 5.74) is 1.51. The maximum absolute atomic E-state index is 12.7. The SMILES string of the molecule is Cl.Cl.O=C(NC[C@H]1[C@@H]2CNC[C@@H](C2)[C@@H]2CCCCN21)c1ccc(-n2cnnn2)cc1. The molecule has 164 valence electrons. The molecule has 0 unspecified atom stereocenters. The van der Waals surface area contributed by atoms with Gasteiger partial charge in [-0.25, -0.2) is 4.68 Å². The van der Waals surface area contributed by atoms with Crippen molar-refractivity contribution in [2.75, 3.05) is 26.2 Å². The molecule has 8 nitrogen and oxygen atoms in total. The van der Waals surface area contributed by atoms with Crippen molar-refractivity contribution in [2.45, 2.75) is 37.8 Å². The smallest absolute Gasteiger partial charge is 0.251 e. The Morgan fingerprint density at radius 1 is 1.13 bits per heavy atom. The number of piperidine rings is 3. The van der Waals surface area contributed by atoms with Crippen LogP contribution in [0.5, 0.6) is 0 Å². The molecule has 0 saturated carbocycles. The number of rotatable bonds is 4. The number of fused-ring (bicyclic) bond motifs is 4. The summed E-state index contributed by atoms with van der Waals surface area (Å²) in [6.45, 7) is 4.13. The Labute approximate surface area is 189 Å². The summed E-state index contributed by atoms with van der Waals surface area (Å²) >= 11 is 0. The van der Waals surface area contributed by atoms with Gasteiger partial charge in [-0.1, -0.05) is 6.42 Å². The van der Waals surface area contributed by atoms with Crippen LogP contribution in [0.4, 0.5) is 0 Å². The molecule has 2 bridgehead atoms. The van der Waals surface area contributed by atoms with Gasteiger partial charge in [0.25, 0.3) is 5.91 Å². The van der Waals surface area contributed by atoms with Gasteiger partial charge in [-0.15, -0.1) is 29.9 Å². The molecule has 0 aliphatic carbocycles. The number of amides is 1. The Balaban J connectivity index is 0.00000128. The number of carbonyl (C=O) groups excluding carboxylic acids is 1. The summed E-state index contributed by atoms with van der Waals surface area (Å²) in [7, 11) is 0. The second-order valence-corrected chi connectivity index (χ2v) is 8.29. The Hall–Kier alpha value is -1.74. The van der Waals surface area contributed by atoms with Crippen LogP contribution >= 0.6 is 24.8 Å². The molecule has 4 atom stereocenters. The molecule has 3 aliphatic rings. The fraction of sp³-hybridized carbons (Fsp3) is 0.600. The maximum atomic E-state index is 12.7. The molecule has 1 aromatic carbocycles. The van der Waals surface area contributed by atoms with Crippen LogP contribution < -0.4 is 10.6 Å². The monoisotopic (exact) mass is 453 g/mol. The van der Waals surface area contributed by atoms with Crippen LogP contribution in [0.1, 0.15) is 36.0 Å². The summed E-state index contributed by atoms with van der Waals surface area (Å²) in [5, 5.41) is 18.0. The van der Waals surface area contributed by atoms with Crippen molar-refractivity contribution < 1.29 is 4.79 Å². The van der Waals surface area contributed by atoms with Crippen LogP contribution in [0.3, 0.4) is 0 Å². The molecule has 3 aliphatic heterocycles. The Morgan fingerprint density at radius 2 is 1.93 bits per heavy atom. The molecule has 30 heavy (non-hydrogen) atoms. The minimum atomic E-state index is -0.0114. The minimum absolute atomic E-state index is 0. The number of aromatic nitrogens is 4. The highest BCUT2D eigenvalue weighted by molar-refractivity contribution is 5.94. The predicted molar refractivity (Wildman–Crippen MR) is 119 cm³/mol. The third-order valence-electron chi connectivity index (χ3n) is 6.74. The number of tetrazole rings is 1. The number of nitrogens with zero attached hydrogens (tertiary/aromatic N) is 5. The van der Waals surface area contributed by atoms with E-state index >= 15 is 0 Å². The number of hydrogen-bond acceptors (Lipinski definition) is 6. The first-order valence-electron chi connectivity index (χ1n) is 10.4. The fourth-order valence-corrected chi connectivity index (χ4v) is 5.39. The molecule has 5 rings (SSSR count). The molecule has 0 spiro atoms. The van der Waals surface area contributed by atoms with Gasteiger partial charge >= 0.3 is 0 Å². The van der Waals surface area contributed by atoms with Gasteiger partial charge in [-0.05, 0) is 85.4 Å². The van der Waals surface area contributed by atoms with E-state index in [-0.39, 0.29) is 30.7 Å². The van der Waals surface area contributed by atoms with Crippen LogP contribution in [0, 0.1) is 11.8 Å².